The first-order chi connectivity index (χ1) is 11.6. The zero-order valence-corrected chi connectivity index (χ0v) is 18.8. The van der Waals surface area contributed by atoms with Gasteiger partial charge in [0.15, 0.2) is 5.96 Å². The van der Waals surface area contributed by atoms with Gasteiger partial charge in [-0.25, -0.2) is 0 Å². The second kappa shape index (κ2) is 8.13. The molecule has 1 aliphatic heterocycles. The van der Waals surface area contributed by atoms with Gasteiger partial charge in [0.25, 0.3) is 0 Å². The van der Waals surface area contributed by atoms with E-state index in [0.29, 0.717) is 24.0 Å². The minimum absolute atomic E-state index is 0. The molecule has 4 rings (SSSR count). The van der Waals surface area contributed by atoms with Gasteiger partial charge >= 0.3 is 0 Å². The quantitative estimate of drug-likeness (QED) is 0.362. The Labute approximate surface area is 176 Å². The van der Waals surface area contributed by atoms with Crippen molar-refractivity contribution >= 4 is 45.9 Å². The van der Waals surface area contributed by atoms with Crippen LogP contribution in [-0.2, 0) is 0 Å². The van der Waals surface area contributed by atoms with Gasteiger partial charge < -0.3 is 10.6 Å². The fraction of sp³-hybridized carbons (Fsp3) is 0.632. The van der Waals surface area contributed by atoms with E-state index in [9.17, 15) is 0 Å². The lowest BCUT2D eigenvalue weighted by Crippen LogP contribution is -2.45. The average molecular weight is 519 g/mol. The molecule has 1 aromatic carbocycles. The number of halogens is 2. The summed E-state index contributed by atoms with van der Waals surface area (Å²) < 4.78 is 1.14. The van der Waals surface area contributed by atoms with E-state index < -0.39 is 0 Å². The van der Waals surface area contributed by atoms with Crippen LogP contribution in [-0.4, -0.2) is 48.6 Å². The van der Waals surface area contributed by atoms with Crippen LogP contribution in [0.1, 0.15) is 44.1 Å². The van der Waals surface area contributed by atoms with Gasteiger partial charge in [-0.3, -0.25) is 9.89 Å². The Kier molecular flexibility index (Phi) is 6.31. The molecule has 0 aromatic heterocycles. The molecule has 4 atom stereocenters. The summed E-state index contributed by atoms with van der Waals surface area (Å²) >= 11 is 3.51. The number of nitrogens with zero attached hydrogens (tertiary/aromatic N) is 2. The van der Waals surface area contributed by atoms with Crippen molar-refractivity contribution in [2.75, 3.05) is 13.6 Å². The highest BCUT2D eigenvalue weighted by molar-refractivity contribution is 14.0. The molecule has 1 aromatic rings. The standard InChI is InChI=1S/C19H27BrN4.HI/c1-12-9-15(11-24(12)16-7-8-16)22-19(21-2)23-18-10-17(18)13-3-5-14(20)6-4-13;/h3-6,12,15-18H,7-11H2,1-2H3,(H2,21,22,23);1H. The van der Waals surface area contributed by atoms with E-state index in [1.54, 1.807) is 0 Å². The van der Waals surface area contributed by atoms with E-state index in [4.69, 9.17) is 0 Å². The molecule has 2 aliphatic carbocycles. The number of guanidine groups is 1. The lowest BCUT2D eigenvalue weighted by molar-refractivity contribution is 0.256. The van der Waals surface area contributed by atoms with E-state index in [1.165, 1.54) is 31.2 Å². The number of rotatable bonds is 4. The summed E-state index contributed by atoms with van der Waals surface area (Å²) in [7, 11) is 1.88. The summed E-state index contributed by atoms with van der Waals surface area (Å²) in [6, 6.07) is 11.3. The lowest BCUT2D eigenvalue weighted by atomic mass is 10.1. The largest absolute Gasteiger partial charge is 0.353 e. The maximum absolute atomic E-state index is 4.45. The lowest BCUT2D eigenvalue weighted by Gasteiger charge is -2.20. The number of benzene rings is 1. The van der Waals surface area contributed by atoms with E-state index in [2.05, 4.69) is 67.6 Å². The summed E-state index contributed by atoms with van der Waals surface area (Å²) in [6.45, 7) is 3.52. The first-order valence-electron chi connectivity index (χ1n) is 9.15. The predicted molar refractivity (Wildman–Crippen MR) is 118 cm³/mol. The van der Waals surface area contributed by atoms with Crippen LogP contribution < -0.4 is 10.6 Å². The van der Waals surface area contributed by atoms with E-state index in [1.807, 2.05) is 7.05 Å². The number of aliphatic imine (C=N–C) groups is 1. The first-order valence-corrected chi connectivity index (χ1v) is 9.94. The Balaban J connectivity index is 0.00000182. The summed E-state index contributed by atoms with van der Waals surface area (Å²) in [6.07, 6.45) is 5.19. The summed E-state index contributed by atoms with van der Waals surface area (Å²) in [4.78, 5) is 7.13. The van der Waals surface area contributed by atoms with Gasteiger partial charge in [0, 0.05) is 48.2 Å². The molecule has 1 heterocycles. The van der Waals surface area contributed by atoms with Crippen molar-refractivity contribution in [2.45, 2.75) is 62.7 Å². The molecule has 3 fully saturated rings. The van der Waals surface area contributed by atoms with Crippen LogP contribution in [0.4, 0.5) is 0 Å². The number of likely N-dealkylation sites (tertiary alicyclic amines) is 1. The van der Waals surface area contributed by atoms with Crippen molar-refractivity contribution in [3.05, 3.63) is 34.3 Å². The molecular weight excluding hydrogens is 491 g/mol. The Bertz CT molecular complexity index is 616. The van der Waals surface area contributed by atoms with Gasteiger partial charge in [-0.15, -0.1) is 24.0 Å². The Hall–Kier alpha value is -0.340. The molecular formula is C19H28BrIN4. The molecule has 6 heteroatoms. The van der Waals surface area contributed by atoms with Crippen LogP contribution in [0, 0.1) is 0 Å². The maximum atomic E-state index is 4.45. The molecule has 3 aliphatic rings. The average Bonchev–Trinajstić information content (AvgIpc) is 3.48. The number of hydrogen-bond donors (Lipinski definition) is 2. The smallest absolute Gasteiger partial charge is 0.191 e. The predicted octanol–water partition coefficient (Wildman–Crippen LogP) is 3.71. The molecule has 0 spiro atoms. The van der Waals surface area contributed by atoms with E-state index >= 15 is 0 Å². The van der Waals surface area contributed by atoms with Gasteiger partial charge in [-0.1, -0.05) is 28.1 Å². The third kappa shape index (κ3) is 4.69. The van der Waals surface area contributed by atoms with Crippen molar-refractivity contribution in [2.24, 2.45) is 4.99 Å². The van der Waals surface area contributed by atoms with Gasteiger partial charge in [-0.05, 0) is 50.3 Å². The fourth-order valence-corrected chi connectivity index (χ4v) is 4.31. The zero-order valence-electron chi connectivity index (χ0n) is 14.9. The van der Waals surface area contributed by atoms with Gasteiger partial charge in [0.1, 0.15) is 0 Å². The Morgan fingerprint density at radius 1 is 1.16 bits per heavy atom. The van der Waals surface area contributed by atoms with Crippen molar-refractivity contribution in [3.8, 4) is 0 Å². The molecule has 0 bridgehead atoms. The highest BCUT2D eigenvalue weighted by Gasteiger charge is 2.41. The fourth-order valence-electron chi connectivity index (χ4n) is 4.05. The molecule has 2 N–H and O–H groups in total. The second-order valence-electron chi connectivity index (χ2n) is 7.57. The van der Waals surface area contributed by atoms with Crippen LogP contribution >= 0.6 is 39.9 Å². The van der Waals surface area contributed by atoms with Crippen LogP contribution in [0.15, 0.2) is 33.7 Å². The van der Waals surface area contributed by atoms with Gasteiger partial charge in [0.2, 0.25) is 0 Å². The summed E-state index contributed by atoms with van der Waals surface area (Å²) in [5.41, 5.74) is 1.42. The molecule has 4 unspecified atom stereocenters. The Morgan fingerprint density at radius 3 is 2.52 bits per heavy atom. The van der Waals surface area contributed by atoms with Crippen LogP contribution in [0.3, 0.4) is 0 Å². The SMILES string of the molecule is CN=C(NC1CC(C)N(C2CC2)C1)NC1CC1c1ccc(Br)cc1.I. The number of hydrogen-bond acceptors (Lipinski definition) is 2. The maximum Gasteiger partial charge on any atom is 0.191 e. The highest BCUT2D eigenvalue weighted by atomic mass is 127. The Morgan fingerprint density at radius 2 is 1.88 bits per heavy atom. The molecule has 0 radical (unpaired) electrons. The van der Waals surface area contributed by atoms with Crippen LogP contribution in [0.25, 0.3) is 0 Å². The molecule has 138 valence electrons. The minimum Gasteiger partial charge on any atom is -0.353 e. The van der Waals surface area contributed by atoms with Crippen molar-refractivity contribution in [1.82, 2.24) is 15.5 Å². The monoisotopic (exact) mass is 518 g/mol. The number of nitrogens with one attached hydrogen (secondary N) is 2. The van der Waals surface area contributed by atoms with E-state index in [-0.39, 0.29) is 24.0 Å². The van der Waals surface area contributed by atoms with Crippen molar-refractivity contribution in [3.63, 3.8) is 0 Å². The third-order valence-corrected chi connectivity index (χ3v) is 6.14. The molecule has 25 heavy (non-hydrogen) atoms. The summed E-state index contributed by atoms with van der Waals surface area (Å²) in [5.74, 6) is 1.58. The normalized spacial score (nSPS) is 32.2. The first kappa shape index (κ1) is 19.4. The molecule has 2 saturated carbocycles. The minimum atomic E-state index is 0. The van der Waals surface area contributed by atoms with Gasteiger partial charge in [0.05, 0.1) is 0 Å². The second-order valence-corrected chi connectivity index (χ2v) is 8.49. The highest BCUT2D eigenvalue weighted by Crippen LogP contribution is 2.41. The van der Waals surface area contributed by atoms with Crippen molar-refractivity contribution < 1.29 is 0 Å². The van der Waals surface area contributed by atoms with Crippen LogP contribution in [0.2, 0.25) is 0 Å². The zero-order chi connectivity index (χ0) is 16.7. The van der Waals surface area contributed by atoms with Crippen molar-refractivity contribution in [1.29, 1.82) is 0 Å². The molecule has 4 nitrogen and oxygen atoms in total. The molecule has 1 saturated heterocycles. The van der Waals surface area contributed by atoms with E-state index in [0.717, 1.165) is 23.0 Å². The van der Waals surface area contributed by atoms with Crippen LogP contribution in [0.5, 0.6) is 0 Å². The molecule has 0 amide bonds. The van der Waals surface area contributed by atoms with Gasteiger partial charge in [-0.2, -0.15) is 0 Å². The summed E-state index contributed by atoms with van der Waals surface area (Å²) in [5, 5.41) is 7.26. The third-order valence-electron chi connectivity index (χ3n) is 5.61. The topological polar surface area (TPSA) is 39.7 Å².